The minimum Gasteiger partial charge on any atom is -0.379 e. The Morgan fingerprint density at radius 1 is 1.40 bits per heavy atom. The second-order valence-electron chi connectivity index (χ2n) is 6.13. The fourth-order valence-electron chi connectivity index (χ4n) is 3.02. The molecule has 1 amide bonds. The van der Waals surface area contributed by atoms with E-state index in [9.17, 15) is 9.18 Å². The van der Waals surface area contributed by atoms with Crippen LogP contribution in [0, 0.1) is 5.82 Å². The molecule has 0 unspecified atom stereocenters. The number of benzene rings is 1. The Balaban J connectivity index is 1.74. The molecule has 0 saturated carbocycles. The number of rotatable bonds is 6. The van der Waals surface area contributed by atoms with Gasteiger partial charge in [-0.25, -0.2) is 9.37 Å². The van der Waals surface area contributed by atoms with Crippen LogP contribution >= 0.6 is 0 Å². The molecule has 1 aliphatic rings. The number of hydrogen-bond acceptors (Lipinski definition) is 5. The highest BCUT2D eigenvalue weighted by Crippen LogP contribution is 2.23. The van der Waals surface area contributed by atoms with Crippen LogP contribution in [-0.2, 0) is 16.1 Å². The van der Waals surface area contributed by atoms with Gasteiger partial charge in [0.25, 0.3) is 0 Å². The molecule has 0 aliphatic carbocycles. The Bertz CT molecular complexity index is 688. The van der Waals surface area contributed by atoms with Crippen molar-refractivity contribution in [3.8, 4) is 0 Å². The fourth-order valence-corrected chi connectivity index (χ4v) is 3.02. The largest absolute Gasteiger partial charge is 0.379 e. The highest BCUT2D eigenvalue weighted by atomic mass is 19.1. The van der Waals surface area contributed by atoms with Crippen LogP contribution in [0.25, 0.3) is 0 Å². The van der Waals surface area contributed by atoms with Crippen molar-refractivity contribution in [3.63, 3.8) is 0 Å². The SMILES string of the molecule is C[C@@H](Cn1cncn1)NC(=O)[C@H](c1cccc(F)c1)N1CCOCC1. The highest BCUT2D eigenvalue weighted by molar-refractivity contribution is 5.83. The topological polar surface area (TPSA) is 72.3 Å². The summed E-state index contributed by atoms with van der Waals surface area (Å²) in [5.41, 5.74) is 0.646. The summed E-state index contributed by atoms with van der Waals surface area (Å²) in [6.45, 7) is 4.81. The first-order valence-corrected chi connectivity index (χ1v) is 8.33. The number of morpholine rings is 1. The zero-order valence-corrected chi connectivity index (χ0v) is 14.1. The first kappa shape index (κ1) is 17.5. The molecule has 0 radical (unpaired) electrons. The van der Waals surface area contributed by atoms with Gasteiger partial charge in [0.2, 0.25) is 5.91 Å². The number of ether oxygens (including phenoxy) is 1. The summed E-state index contributed by atoms with van der Waals surface area (Å²) < 4.78 is 20.7. The molecule has 1 fully saturated rings. The van der Waals surface area contributed by atoms with E-state index in [4.69, 9.17) is 4.74 Å². The van der Waals surface area contributed by atoms with E-state index in [1.165, 1.54) is 18.5 Å². The smallest absolute Gasteiger partial charge is 0.242 e. The Hall–Kier alpha value is -2.32. The molecule has 2 aromatic rings. The van der Waals surface area contributed by atoms with Crippen LogP contribution in [0.3, 0.4) is 0 Å². The number of nitrogens with zero attached hydrogens (tertiary/aromatic N) is 4. The fraction of sp³-hybridized carbons (Fsp3) is 0.471. The van der Waals surface area contributed by atoms with Crippen LogP contribution in [0.1, 0.15) is 18.5 Å². The number of amides is 1. The van der Waals surface area contributed by atoms with Crippen molar-refractivity contribution >= 4 is 5.91 Å². The maximum atomic E-state index is 13.7. The number of aromatic nitrogens is 3. The molecule has 2 atom stereocenters. The zero-order valence-electron chi connectivity index (χ0n) is 14.1. The second kappa shape index (κ2) is 8.17. The lowest BCUT2D eigenvalue weighted by molar-refractivity contribution is -0.129. The van der Waals surface area contributed by atoms with Gasteiger partial charge in [-0.15, -0.1) is 0 Å². The predicted octanol–water partition coefficient (Wildman–Crippen LogP) is 0.995. The first-order valence-electron chi connectivity index (χ1n) is 8.33. The number of hydrogen-bond donors (Lipinski definition) is 1. The van der Waals surface area contributed by atoms with Crippen molar-refractivity contribution < 1.29 is 13.9 Å². The van der Waals surface area contributed by atoms with Crippen LogP contribution in [-0.4, -0.2) is 57.9 Å². The maximum absolute atomic E-state index is 13.7. The molecule has 8 heteroatoms. The van der Waals surface area contributed by atoms with Gasteiger partial charge in [-0.3, -0.25) is 14.4 Å². The molecule has 1 aliphatic heterocycles. The lowest BCUT2D eigenvalue weighted by Gasteiger charge is -2.34. The summed E-state index contributed by atoms with van der Waals surface area (Å²) in [6.07, 6.45) is 3.06. The number of carbonyl (C=O) groups is 1. The van der Waals surface area contributed by atoms with E-state index in [1.54, 1.807) is 23.1 Å². The lowest BCUT2D eigenvalue weighted by Crippen LogP contribution is -2.48. The van der Waals surface area contributed by atoms with Gasteiger partial charge in [-0.2, -0.15) is 5.10 Å². The molecule has 0 spiro atoms. The van der Waals surface area contributed by atoms with Crippen molar-refractivity contribution in [1.82, 2.24) is 25.0 Å². The minimum absolute atomic E-state index is 0.133. The molecule has 7 nitrogen and oxygen atoms in total. The van der Waals surface area contributed by atoms with E-state index in [0.717, 1.165) is 0 Å². The molecule has 1 aromatic carbocycles. The predicted molar refractivity (Wildman–Crippen MR) is 89.2 cm³/mol. The third-order valence-electron chi connectivity index (χ3n) is 4.14. The molecule has 1 aromatic heterocycles. The third-order valence-corrected chi connectivity index (χ3v) is 4.14. The molecule has 2 heterocycles. The van der Waals surface area contributed by atoms with Crippen LogP contribution < -0.4 is 5.32 Å². The Labute approximate surface area is 145 Å². The molecule has 134 valence electrons. The normalized spacial score (nSPS) is 17.8. The van der Waals surface area contributed by atoms with Gasteiger partial charge in [0.05, 0.1) is 19.8 Å². The average molecular weight is 347 g/mol. The van der Waals surface area contributed by atoms with Crippen LogP contribution in [0.4, 0.5) is 4.39 Å². The average Bonchev–Trinajstić information content (AvgIpc) is 3.09. The van der Waals surface area contributed by atoms with E-state index < -0.39 is 6.04 Å². The van der Waals surface area contributed by atoms with E-state index in [1.807, 2.05) is 11.8 Å². The summed E-state index contributed by atoms with van der Waals surface area (Å²) in [7, 11) is 0. The van der Waals surface area contributed by atoms with E-state index in [2.05, 4.69) is 15.4 Å². The van der Waals surface area contributed by atoms with Crippen molar-refractivity contribution in [2.75, 3.05) is 26.3 Å². The molecule has 3 rings (SSSR count). The van der Waals surface area contributed by atoms with E-state index in [-0.39, 0.29) is 17.8 Å². The molecular formula is C17H22FN5O2. The molecule has 1 saturated heterocycles. The van der Waals surface area contributed by atoms with Gasteiger partial charge in [0.15, 0.2) is 0 Å². The van der Waals surface area contributed by atoms with Crippen LogP contribution in [0.2, 0.25) is 0 Å². The maximum Gasteiger partial charge on any atom is 0.242 e. The van der Waals surface area contributed by atoms with Crippen LogP contribution in [0.5, 0.6) is 0 Å². The number of halogens is 1. The summed E-state index contributed by atoms with van der Waals surface area (Å²) in [5, 5.41) is 7.05. The van der Waals surface area contributed by atoms with Crippen LogP contribution in [0.15, 0.2) is 36.9 Å². The van der Waals surface area contributed by atoms with Gasteiger partial charge in [0.1, 0.15) is 24.5 Å². The number of carbonyl (C=O) groups excluding carboxylic acids is 1. The van der Waals surface area contributed by atoms with E-state index in [0.29, 0.717) is 38.4 Å². The molecule has 1 N–H and O–H groups in total. The Kier molecular flexibility index (Phi) is 5.72. The van der Waals surface area contributed by atoms with Gasteiger partial charge >= 0.3 is 0 Å². The summed E-state index contributed by atoms with van der Waals surface area (Å²) in [5.74, 6) is -0.501. The van der Waals surface area contributed by atoms with Crippen molar-refractivity contribution in [2.45, 2.75) is 25.6 Å². The van der Waals surface area contributed by atoms with Gasteiger partial charge in [-0.05, 0) is 24.6 Å². The highest BCUT2D eigenvalue weighted by Gasteiger charge is 2.30. The van der Waals surface area contributed by atoms with Gasteiger partial charge in [-0.1, -0.05) is 12.1 Å². The first-order chi connectivity index (χ1) is 12.1. The minimum atomic E-state index is -0.544. The summed E-state index contributed by atoms with van der Waals surface area (Å²) in [6, 6.07) is 5.53. The molecule has 0 bridgehead atoms. The lowest BCUT2D eigenvalue weighted by atomic mass is 10.0. The second-order valence-corrected chi connectivity index (χ2v) is 6.13. The van der Waals surface area contributed by atoms with Crippen molar-refractivity contribution in [1.29, 1.82) is 0 Å². The van der Waals surface area contributed by atoms with E-state index >= 15 is 0 Å². The Morgan fingerprint density at radius 3 is 2.88 bits per heavy atom. The summed E-state index contributed by atoms with van der Waals surface area (Å²) in [4.78, 5) is 18.9. The quantitative estimate of drug-likeness (QED) is 0.844. The van der Waals surface area contributed by atoms with Gasteiger partial charge in [0, 0.05) is 19.1 Å². The molecule has 25 heavy (non-hydrogen) atoms. The van der Waals surface area contributed by atoms with Crippen molar-refractivity contribution in [2.24, 2.45) is 0 Å². The Morgan fingerprint density at radius 2 is 2.20 bits per heavy atom. The monoisotopic (exact) mass is 347 g/mol. The van der Waals surface area contributed by atoms with Crippen molar-refractivity contribution in [3.05, 3.63) is 48.3 Å². The zero-order chi connectivity index (χ0) is 17.6. The van der Waals surface area contributed by atoms with Gasteiger partial charge < -0.3 is 10.1 Å². The molecular weight excluding hydrogens is 325 g/mol. The third kappa shape index (κ3) is 4.61. The number of nitrogens with one attached hydrogen (secondary N) is 1. The summed E-state index contributed by atoms with van der Waals surface area (Å²) >= 11 is 0. The standard InChI is InChI=1S/C17H22FN5O2/c1-13(10-23-12-19-11-20-23)21-17(24)16(22-5-7-25-8-6-22)14-3-2-4-15(18)9-14/h2-4,9,11-13,16H,5-8,10H2,1H3,(H,21,24)/t13-,16-/m0/s1.